The molecule has 0 aliphatic heterocycles. The first-order valence-electron chi connectivity index (χ1n) is 7.32. The topological polar surface area (TPSA) is 71.3 Å². The molecule has 3 aromatic rings. The van der Waals surface area contributed by atoms with Gasteiger partial charge < -0.3 is 9.84 Å². The Morgan fingerprint density at radius 2 is 2.22 bits per heavy atom. The van der Waals surface area contributed by atoms with Gasteiger partial charge in [0.2, 0.25) is 5.91 Å². The van der Waals surface area contributed by atoms with Crippen LogP contribution in [0.2, 0.25) is 0 Å². The summed E-state index contributed by atoms with van der Waals surface area (Å²) in [7, 11) is 1.91. The molecule has 120 valence electrons. The maximum absolute atomic E-state index is 12.1. The number of aromatic nitrogens is 2. The number of anilines is 1. The molecule has 0 saturated heterocycles. The van der Waals surface area contributed by atoms with Crippen LogP contribution in [-0.4, -0.2) is 34.5 Å². The SMILES string of the molecule is Cc1cc(NC(=O)CN(C)[C@@H](C)c2nc3ccccc3s2)no1. The summed E-state index contributed by atoms with van der Waals surface area (Å²) >= 11 is 1.66. The number of para-hydroxylation sites is 1. The highest BCUT2D eigenvalue weighted by atomic mass is 32.1. The van der Waals surface area contributed by atoms with Gasteiger partial charge in [0, 0.05) is 6.07 Å². The molecule has 0 spiro atoms. The fourth-order valence-corrected chi connectivity index (χ4v) is 3.31. The Labute approximate surface area is 138 Å². The van der Waals surface area contributed by atoms with E-state index in [9.17, 15) is 4.79 Å². The van der Waals surface area contributed by atoms with Gasteiger partial charge in [-0.25, -0.2) is 4.98 Å². The van der Waals surface area contributed by atoms with E-state index in [0.29, 0.717) is 11.6 Å². The number of nitrogens with zero attached hydrogens (tertiary/aromatic N) is 3. The van der Waals surface area contributed by atoms with Crippen molar-refractivity contribution in [3.63, 3.8) is 0 Å². The molecular weight excluding hydrogens is 312 g/mol. The van der Waals surface area contributed by atoms with Crippen molar-refractivity contribution >= 4 is 33.3 Å². The summed E-state index contributed by atoms with van der Waals surface area (Å²) in [5.41, 5.74) is 0.996. The minimum Gasteiger partial charge on any atom is -0.360 e. The lowest BCUT2D eigenvalue weighted by Gasteiger charge is -2.21. The maximum Gasteiger partial charge on any atom is 0.239 e. The van der Waals surface area contributed by atoms with Gasteiger partial charge in [-0.15, -0.1) is 11.3 Å². The van der Waals surface area contributed by atoms with Crippen molar-refractivity contribution in [2.24, 2.45) is 0 Å². The molecule has 0 radical (unpaired) electrons. The fourth-order valence-electron chi connectivity index (χ4n) is 2.23. The van der Waals surface area contributed by atoms with E-state index in [1.54, 1.807) is 24.3 Å². The Morgan fingerprint density at radius 1 is 1.43 bits per heavy atom. The number of hydrogen-bond donors (Lipinski definition) is 1. The lowest BCUT2D eigenvalue weighted by atomic mass is 10.3. The predicted octanol–water partition coefficient (Wildman–Crippen LogP) is 3.22. The van der Waals surface area contributed by atoms with E-state index in [2.05, 4.69) is 21.5 Å². The number of aryl methyl sites for hydroxylation is 1. The van der Waals surface area contributed by atoms with Crippen molar-refractivity contribution in [1.82, 2.24) is 15.0 Å². The number of likely N-dealkylation sites (N-methyl/N-ethyl adjacent to an activating group) is 1. The van der Waals surface area contributed by atoms with E-state index in [-0.39, 0.29) is 18.5 Å². The average Bonchev–Trinajstić information content (AvgIpc) is 3.12. The number of rotatable bonds is 5. The van der Waals surface area contributed by atoms with E-state index in [1.165, 1.54) is 0 Å². The summed E-state index contributed by atoms with van der Waals surface area (Å²) in [6.07, 6.45) is 0. The van der Waals surface area contributed by atoms with Crippen LogP contribution in [0.15, 0.2) is 34.9 Å². The molecule has 23 heavy (non-hydrogen) atoms. The smallest absolute Gasteiger partial charge is 0.239 e. The van der Waals surface area contributed by atoms with Gasteiger partial charge in [0.05, 0.1) is 22.8 Å². The highest BCUT2D eigenvalue weighted by Crippen LogP contribution is 2.28. The van der Waals surface area contributed by atoms with Gasteiger partial charge in [-0.3, -0.25) is 9.69 Å². The molecule has 0 aliphatic carbocycles. The number of benzene rings is 1. The monoisotopic (exact) mass is 330 g/mol. The zero-order valence-electron chi connectivity index (χ0n) is 13.2. The molecule has 0 bridgehead atoms. The Kier molecular flexibility index (Phi) is 4.40. The fraction of sp³-hybridized carbons (Fsp3) is 0.312. The standard InChI is InChI=1S/C16H18N4O2S/c1-10-8-14(19-22-10)18-15(21)9-20(3)11(2)16-17-12-6-4-5-7-13(12)23-16/h4-8,11H,9H2,1-3H3,(H,18,19,21)/t11-/m0/s1. The van der Waals surface area contributed by atoms with Crippen molar-refractivity contribution in [1.29, 1.82) is 0 Å². The van der Waals surface area contributed by atoms with E-state index < -0.39 is 0 Å². The third-order valence-electron chi connectivity index (χ3n) is 3.62. The third kappa shape index (κ3) is 3.57. The first kappa shape index (κ1) is 15.6. The van der Waals surface area contributed by atoms with E-state index >= 15 is 0 Å². The van der Waals surface area contributed by atoms with Gasteiger partial charge in [0.25, 0.3) is 0 Å². The number of hydrogen-bond acceptors (Lipinski definition) is 6. The molecular formula is C16H18N4O2S. The summed E-state index contributed by atoms with van der Waals surface area (Å²) in [5, 5.41) is 7.48. The van der Waals surface area contributed by atoms with Crippen LogP contribution in [0.1, 0.15) is 23.7 Å². The molecule has 6 nitrogen and oxygen atoms in total. The zero-order chi connectivity index (χ0) is 16.4. The van der Waals surface area contributed by atoms with E-state index in [0.717, 1.165) is 15.2 Å². The second-order valence-corrected chi connectivity index (χ2v) is 6.54. The Morgan fingerprint density at radius 3 is 2.91 bits per heavy atom. The first-order valence-corrected chi connectivity index (χ1v) is 8.13. The van der Waals surface area contributed by atoms with Crippen LogP contribution in [0.3, 0.4) is 0 Å². The van der Waals surface area contributed by atoms with Gasteiger partial charge in [0.1, 0.15) is 10.8 Å². The highest BCUT2D eigenvalue weighted by molar-refractivity contribution is 7.18. The molecule has 0 aliphatic rings. The second kappa shape index (κ2) is 6.47. The van der Waals surface area contributed by atoms with Crippen LogP contribution in [0.25, 0.3) is 10.2 Å². The summed E-state index contributed by atoms with van der Waals surface area (Å²) in [6.45, 7) is 4.08. The summed E-state index contributed by atoms with van der Waals surface area (Å²) in [6, 6.07) is 9.79. The van der Waals surface area contributed by atoms with Crippen molar-refractivity contribution in [3.05, 3.63) is 41.1 Å². The van der Waals surface area contributed by atoms with Gasteiger partial charge in [0.15, 0.2) is 5.82 Å². The van der Waals surface area contributed by atoms with Crippen LogP contribution >= 0.6 is 11.3 Å². The number of fused-ring (bicyclic) bond motifs is 1. The molecule has 3 rings (SSSR count). The Balaban J connectivity index is 1.64. The third-order valence-corrected chi connectivity index (χ3v) is 4.82. The molecule has 1 atom stereocenters. The van der Waals surface area contributed by atoms with Gasteiger partial charge >= 0.3 is 0 Å². The summed E-state index contributed by atoms with van der Waals surface area (Å²) < 4.78 is 6.09. The normalized spacial score (nSPS) is 12.7. The zero-order valence-corrected chi connectivity index (χ0v) is 14.1. The molecule has 0 fully saturated rings. The molecule has 0 unspecified atom stereocenters. The molecule has 1 amide bonds. The van der Waals surface area contributed by atoms with Crippen molar-refractivity contribution in [2.75, 3.05) is 18.9 Å². The lowest BCUT2D eigenvalue weighted by molar-refractivity contribution is -0.117. The summed E-state index contributed by atoms with van der Waals surface area (Å²) in [4.78, 5) is 18.7. The largest absolute Gasteiger partial charge is 0.360 e. The minimum atomic E-state index is -0.131. The van der Waals surface area contributed by atoms with Crippen molar-refractivity contribution in [2.45, 2.75) is 19.9 Å². The van der Waals surface area contributed by atoms with Crippen LogP contribution < -0.4 is 5.32 Å². The number of thiazole rings is 1. The van der Waals surface area contributed by atoms with Crippen LogP contribution in [0.5, 0.6) is 0 Å². The lowest BCUT2D eigenvalue weighted by Crippen LogP contribution is -2.32. The Bertz CT molecular complexity index is 793. The number of nitrogens with one attached hydrogen (secondary N) is 1. The Hall–Kier alpha value is -2.25. The molecule has 2 heterocycles. The van der Waals surface area contributed by atoms with Crippen LogP contribution in [-0.2, 0) is 4.79 Å². The molecule has 1 N–H and O–H groups in total. The van der Waals surface area contributed by atoms with E-state index in [1.807, 2.05) is 37.1 Å². The maximum atomic E-state index is 12.1. The predicted molar refractivity (Wildman–Crippen MR) is 90.5 cm³/mol. The quantitative estimate of drug-likeness (QED) is 0.778. The molecule has 0 saturated carbocycles. The molecule has 7 heteroatoms. The van der Waals surface area contributed by atoms with Gasteiger partial charge in [-0.1, -0.05) is 17.3 Å². The van der Waals surface area contributed by atoms with E-state index in [4.69, 9.17) is 4.52 Å². The first-order chi connectivity index (χ1) is 11.0. The number of carbonyl (C=O) groups is 1. The highest BCUT2D eigenvalue weighted by Gasteiger charge is 2.19. The van der Waals surface area contributed by atoms with Gasteiger partial charge in [-0.2, -0.15) is 0 Å². The number of amides is 1. The molecule has 1 aromatic carbocycles. The number of carbonyl (C=O) groups excluding carboxylic acids is 1. The minimum absolute atomic E-state index is 0.0530. The second-order valence-electron chi connectivity index (χ2n) is 5.48. The molecule has 2 aromatic heterocycles. The van der Waals surface area contributed by atoms with Crippen molar-refractivity contribution in [3.8, 4) is 0 Å². The van der Waals surface area contributed by atoms with Crippen LogP contribution in [0, 0.1) is 6.92 Å². The van der Waals surface area contributed by atoms with Gasteiger partial charge in [-0.05, 0) is 33.0 Å². The van der Waals surface area contributed by atoms with Crippen LogP contribution in [0.4, 0.5) is 5.82 Å². The van der Waals surface area contributed by atoms with Crippen molar-refractivity contribution < 1.29 is 9.32 Å². The summed E-state index contributed by atoms with van der Waals surface area (Å²) in [5.74, 6) is 0.971. The average molecular weight is 330 g/mol.